The predicted octanol–water partition coefficient (Wildman–Crippen LogP) is 2.16. The molecular weight excluding hydrogens is 204 g/mol. The van der Waals surface area contributed by atoms with Crippen molar-refractivity contribution in [3.05, 3.63) is 32.6 Å². The quantitative estimate of drug-likeness (QED) is 0.468. The molecule has 0 atom stereocenters. The van der Waals surface area contributed by atoms with Crippen molar-refractivity contribution in [2.75, 3.05) is 6.54 Å². The molecule has 0 radical (unpaired) electrons. The molecule has 0 saturated carbocycles. The maximum Gasteiger partial charge on any atom is 0.356 e. The molecule has 1 heterocycles. The molecule has 0 bridgehead atoms. The Morgan fingerprint density at radius 2 is 2.64 bits per heavy atom. The van der Waals surface area contributed by atoms with Gasteiger partial charge in [-0.2, -0.15) is 0 Å². The van der Waals surface area contributed by atoms with E-state index in [4.69, 9.17) is 10.6 Å². The van der Waals surface area contributed by atoms with E-state index in [0.717, 1.165) is 0 Å². The maximum absolute atomic E-state index is 10.6. The minimum atomic E-state index is -1.06. The first-order chi connectivity index (χ1) is 6.75. The Morgan fingerprint density at radius 1 is 1.86 bits per heavy atom. The third-order valence-corrected chi connectivity index (χ3v) is 2.11. The molecule has 0 amide bonds. The number of carboxylic acids is 1. The third kappa shape index (κ3) is 2.58. The summed E-state index contributed by atoms with van der Waals surface area (Å²) in [6.07, 6.45) is 3.16. The van der Waals surface area contributed by atoms with E-state index in [0.29, 0.717) is 4.88 Å². The maximum atomic E-state index is 10.6. The van der Waals surface area contributed by atoms with Crippen LogP contribution in [0.1, 0.15) is 15.4 Å². The lowest BCUT2D eigenvalue weighted by Crippen LogP contribution is -1.97. The first-order valence-corrected chi connectivity index (χ1v) is 4.48. The molecule has 0 unspecified atom stereocenters. The molecule has 14 heavy (non-hydrogen) atoms. The van der Waals surface area contributed by atoms with Gasteiger partial charge >= 0.3 is 5.97 Å². The number of rotatable bonds is 4. The Hall–Kier alpha value is -1.85. The van der Waals surface area contributed by atoms with Gasteiger partial charge in [0, 0.05) is 11.5 Å². The standard InChI is InChI=1S/C7H6N4O2S/c8-11-10-3-1-2-5-6(7(12)13)9-4-14-5/h1-2,4H,3H2,(H,12,13). The Balaban J connectivity index is 2.75. The van der Waals surface area contributed by atoms with E-state index in [-0.39, 0.29) is 12.2 Å². The number of hydrogen-bond donors (Lipinski definition) is 1. The van der Waals surface area contributed by atoms with Crippen LogP contribution in [0.25, 0.3) is 16.5 Å². The van der Waals surface area contributed by atoms with Crippen LogP contribution in [0.5, 0.6) is 0 Å². The van der Waals surface area contributed by atoms with E-state index in [9.17, 15) is 4.79 Å². The third-order valence-electron chi connectivity index (χ3n) is 1.32. The molecule has 1 aromatic heterocycles. The van der Waals surface area contributed by atoms with Gasteiger partial charge in [0.1, 0.15) is 0 Å². The van der Waals surface area contributed by atoms with Gasteiger partial charge in [0.15, 0.2) is 5.69 Å². The molecule has 1 N–H and O–H groups in total. The van der Waals surface area contributed by atoms with Crippen molar-refractivity contribution in [1.29, 1.82) is 0 Å². The number of thiazole rings is 1. The van der Waals surface area contributed by atoms with Crippen molar-refractivity contribution in [2.24, 2.45) is 5.11 Å². The first kappa shape index (κ1) is 10.2. The summed E-state index contributed by atoms with van der Waals surface area (Å²) in [5, 5.41) is 12.0. The summed E-state index contributed by atoms with van der Waals surface area (Å²) >= 11 is 1.22. The summed E-state index contributed by atoms with van der Waals surface area (Å²) in [6, 6.07) is 0. The molecule has 1 rings (SSSR count). The SMILES string of the molecule is [N-]=[N+]=NCC=Cc1scnc1C(=O)O. The average molecular weight is 210 g/mol. The highest BCUT2D eigenvalue weighted by Crippen LogP contribution is 2.14. The van der Waals surface area contributed by atoms with Gasteiger partial charge in [0.05, 0.1) is 10.4 Å². The largest absolute Gasteiger partial charge is 0.476 e. The lowest BCUT2D eigenvalue weighted by Gasteiger charge is -1.88. The van der Waals surface area contributed by atoms with E-state index < -0.39 is 5.97 Å². The molecule has 0 aromatic carbocycles. The molecule has 0 aliphatic rings. The van der Waals surface area contributed by atoms with Gasteiger partial charge in [0.2, 0.25) is 0 Å². The summed E-state index contributed by atoms with van der Waals surface area (Å²) in [7, 11) is 0. The van der Waals surface area contributed by atoms with Crippen LogP contribution in [-0.4, -0.2) is 22.6 Å². The highest BCUT2D eigenvalue weighted by molar-refractivity contribution is 7.10. The van der Waals surface area contributed by atoms with Crippen molar-refractivity contribution in [1.82, 2.24) is 4.98 Å². The second-order valence-electron chi connectivity index (χ2n) is 2.19. The summed E-state index contributed by atoms with van der Waals surface area (Å²) in [5.74, 6) is -1.06. The molecule has 0 spiro atoms. The smallest absolute Gasteiger partial charge is 0.356 e. The van der Waals surface area contributed by atoms with Gasteiger partial charge in [-0.3, -0.25) is 0 Å². The Labute approximate surface area is 83.2 Å². The van der Waals surface area contributed by atoms with Crippen molar-refractivity contribution in [3.8, 4) is 0 Å². The lowest BCUT2D eigenvalue weighted by molar-refractivity contribution is 0.0691. The highest BCUT2D eigenvalue weighted by atomic mass is 32.1. The van der Waals surface area contributed by atoms with Crippen LogP contribution >= 0.6 is 11.3 Å². The number of aromatic carboxylic acids is 1. The first-order valence-electron chi connectivity index (χ1n) is 3.60. The van der Waals surface area contributed by atoms with Crippen LogP contribution in [0.15, 0.2) is 16.7 Å². The Bertz CT molecular complexity index is 406. The second kappa shape index (κ2) is 5.00. The topological polar surface area (TPSA) is 99.0 Å². The monoisotopic (exact) mass is 210 g/mol. The van der Waals surface area contributed by atoms with Gasteiger partial charge in [0.25, 0.3) is 0 Å². The van der Waals surface area contributed by atoms with Crippen LogP contribution in [0.3, 0.4) is 0 Å². The fraction of sp³-hybridized carbons (Fsp3) is 0.143. The molecule has 72 valence electrons. The molecule has 1 aromatic rings. The molecule has 0 aliphatic carbocycles. The van der Waals surface area contributed by atoms with E-state index >= 15 is 0 Å². The van der Waals surface area contributed by atoms with Crippen molar-refractivity contribution < 1.29 is 9.90 Å². The average Bonchev–Trinajstić information content (AvgIpc) is 2.60. The number of hydrogen-bond acceptors (Lipinski definition) is 4. The number of aromatic nitrogens is 1. The van der Waals surface area contributed by atoms with Crippen molar-refractivity contribution >= 4 is 23.4 Å². The lowest BCUT2D eigenvalue weighted by atomic mass is 10.3. The number of carboxylic acid groups (broad SMARTS) is 1. The summed E-state index contributed by atoms with van der Waals surface area (Å²) in [5.41, 5.74) is 9.46. The zero-order valence-electron chi connectivity index (χ0n) is 6.99. The van der Waals surface area contributed by atoms with Gasteiger partial charge < -0.3 is 5.11 Å². The van der Waals surface area contributed by atoms with Crippen LogP contribution in [-0.2, 0) is 0 Å². The minimum Gasteiger partial charge on any atom is -0.476 e. The number of nitrogens with zero attached hydrogens (tertiary/aromatic N) is 4. The molecule has 7 heteroatoms. The number of azide groups is 1. The van der Waals surface area contributed by atoms with Gasteiger partial charge in [-0.05, 0) is 11.6 Å². The van der Waals surface area contributed by atoms with E-state index in [1.165, 1.54) is 16.8 Å². The van der Waals surface area contributed by atoms with Crippen LogP contribution in [0.4, 0.5) is 0 Å². The van der Waals surface area contributed by atoms with Crippen molar-refractivity contribution in [2.45, 2.75) is 0 Å². The molecular formula is C7H6N4O2S. The normalized spacial score (nSPS) is 10.0. The second-order valence-corrected chi connectivity index (χ2v) is 3.07. The zero-order chi connectivity index (χ0) is 10.4. The van der Waals surface area contributed by atoms with Crippen LogP contribution < -0.4 is 0 Å². The van der Waals surface area contributed by atoms with Crippen LogP contribution in [0, 0.1) is 0 Å². The predicted molar refractivity (Wildman–Crippen MR) is 52.1 cm³/mol. The van der Waals surface area contributed by atoms with Crippen molar-refractivity contribution in [3.63, 3.8) is 0 Å². The molecule has 0 aliphatic heterocycles. The Kier molecular flexibility index (Phi) is 3.66. The molecule has 6 nitrogen and oxygen atoms in total. The number of carbonyl (C=O) groups is 1. The summed E-state index contributed by atoms with van der Waals surface area (Å²) in [4.78, 5) is 17.4. The van der Waals surface area contributed by atoms with Gasteiger partial charge in [-0.15, -0.1) is 11.3 Å². The molecule has 0 fully saturated rings. The van der Waals surface area contributed by atoms with Gasteiger partial charge in [-0.1, -0.05) is 11.2 Å². The van der Waals surface area contributed by atoms with E-state index in [1.807, 2.05) is 0 Å². The highest BCUT2D eigenvalue weighted by Gasteiger charge is 2.10. The fourth-order valence-electron chi connectivity index (χ4n) is 0.778. The van der Waals surface area contributed by atoms with E-state index in [1.54, 1.807) is 12.2 Å². The van der Waals surface area contributed by atoms with E-state index in [2.05, 4.69) is 15.0 Å². The Morgan fingerprint density at radius 3 is 3.29 bits per heavy atom. The molecule has 0 saturated heterocycles. The van der Waals surface area contributed by atoms with Crippen LogP contribution in [0.2, 0.25) is 0 Å². The minimum absolute atomic E-state index is 0.0205. The zero-order valence-corrected chi connectivity index (χ0v) is 7.81. The fourth-order valence-corrected chi connectivity index (χ4v) is 1.48. The summed E-state index contributed by atoms with van der Waals surface area (Å²) in [6.45, 7) is 0.202. The summed E-state index contributed by atoms with van der Waals surface area (Å²) < 4.78 is 0. The van der Waals surface area contributed by atoms with Gasteiger partial charge in [-0.25, -0.2) is 9.78 Å².